The Morgan fingerprint density at radius 2 is 2.06 bits per heavy atom. The topological polar surface area (TPSA) is 33.1 Å². The van der Waals surface area contributed by atoms with E-state index in [0.717, 1.165) is 10.7 Å². The molecule has 1 aromatic rings. The molecule has 0 bridgehead atoms. The fraction of sp³-hybridized carbons (Fsp3) is 0.769. The Kier molecular flexibility index (Phi) is 3.99. The summed E-state index contributed by atoms with van der Waals surface area (Å²) in [6.07, 6.45) is 6.71. The molecule has 5 heteroatoms. The van der Waals surface area contributed by atoms with Gasteiger partial charge in [0.2, 0.25) is 0 Å². The molecule has 1 N–H and O–H groups in total. The van der Waals surface area contributed by atoms with Gasteiger partial charge in [-0.1, -0.05) is 24.4 Å². The normalized spacial score (nSPS) is 20.6. The summed E-state index contributed by atoms with van der Waals surface area (Å²) < 4.78 is 1.90. The Labute approximate surface area is 114 Å². The van der Waals surface area contributed by atoms with E-state index >= 15 is 0 Å². The van der Waals surface area contributed by atoms with Gasteiger partial charge in [-0.15, -0.1) is 0 Å². The molecule has 1 atom stereocenters. The number of nitrogens with zero attached hydrogens (tertiary/aromatic N) is 3. The molecular formula is C13H23ClN4. The van der Waals surface area contributed by atoms with E-state index in [2.05, 4.69) is 29.4 Å². The predicted octanol–water partition coefficient (Wildman–Crippen LogP) is 2.21. The number of hydrogen-bond donors (Lipinski definition) is 1. The third-order valence-electron chi connectivity index (χ3n) is 4.40. The fourth-order valence-electron chi connectivity index (χ4n) is 3.39. The first-order chi connectivity index (χ1) is 8.53. The summed E-state index contributed by atoms with van der Waals surface area (Å²) in [6, 6.07) is 0.218. The standard InChI is InChI=1S/C13H23ClN4/c1-15-12(11-10(14)9-16-18(11)4)13(17(2)3)7-5-6-8-13/h9,12,15H,5-8H2,1-4H3. The summed E-state index contributed by atoms with van der Waals surface area (Å²) in [5, 5.41) is 8.49. The zero-order valence-corrected chi connectivity index (χ0v) is 12.5. The van der Waals surface area contributed by atoms with Crippen LogP contribution in [-0.2, 0) is 7.05 Å². The third kappa shape index (κ3) is 2.06. The van der Waals surface area contributed by atoms with E-state index in [9.17, 15) is 0 Å². The zero-order valence-electron chi connectivity index (χ0n) is 11.7. The van der Waals surface area contributed by atoms with E-state index in [4.69, 9.17) is 11.6 Å². The van der Waals surface area contributed by atoms with E-state index in [1.54, 1.807) is 6.20 Å². The highest BCUT2D eigenvalue weighted by atomic mass is 35.5. The van der Waals surface area contributed by atoms with Gasteiger partial charge in [0, 0.05) is 12.6 Å². The zero-order chi connectivity index (χ0) is 13.3. The number of likely N-dealkylation sites (N-methyl/N-ethyl adjacent to an activating group) is 2. The molecule has 0 radical (unpaired) electrons. The molecule has 1 heterocycles. The first-order valence-corrected chi connectivity index (χ1v) is 6.93. The average Bonchev–Trinajstić information content (AvgIpc) is 2.92. The third-order valence-corrected chi connectivity index (χ3v) is 4.69. The van der Waals surface area contributed by atoms with Crippen molar-refractivity contribution in [3.05, 3.63) is 16.9 Å². The number of aryl methyl sites for hydroxylation is 1. The second kappa shape index (κ2) is 5.19. The van der Waals surface area contributed by atoms with Crippen molar-refractivity contribution >= 4 is 11.6 Å². The van der Waals surface area contributed by atoms with Gasteiger partial charge in [-0.3, -0.25) is 4.68 Å². The van der Waals surface area contributed by atoms with Crippen molar-refractivity contribution in [3.8, 4) is 0 Å². The van der Waals surface area contributed by atoms with Gasteiger partial charge in [0.15, 0.2) is 0 Å². The van der Waals surface area contributed by atoms with Crippen LogP contribution in [-0.4, -0.2) is 41.4 Å². The van der Waals surface area contributed by atoms with Gasteiger partial charge >= 0.3 is 0 Å². The highest BCUT2D eigenvalue weighted by molar-refractivity contribution is 6.31. The van der Waals surface area contributed by atoms with Gasteiger partial charge in [0.1, 0.15) is 0 Å². The minimum absolute atomic E-state index is 0.145. The SMILES string of the molecule is CNC(c1c(Cl)cnn1C)C1(N(C)C)CCCC1. The highest BCUT2D eigenvalue weighted by Crippen LogP contribution is 2.44. The summed E-state index contributed by atoms with van der Waals surface area (Å²) in [5.74, 6) is 0. The molecule has 0 aliphatic heterocycles. The van der Waals surface area contributed by atoms with Gasteiger partial charge in [0.05, 0.1) is 23.0 Å². The second-order valence-corrected chi connectivity index (χ2v) is 5.84. The van der Waals surface area contributed by atoms with E-state index in [1.807, 2.05) is 18.8 Å². The lowest BCUT2D eigenvalue weighted by atomic mass is 9.84. The lowest BCUT2D eigenvalue weighted by Crippen LogP contribution is -2.51. The molecule has 0 saturated heterocycles. The molecule has 102 valence electrons. The lowest BCUT2D eigenvalue weighted by molar-refractivity contribution is 0.105. The maximum atomic E-state index is 6.32. The second-order valence-electron chi connectivity index (χ2n) is 5.43. The van der Waals surface area contributed by atoms with E-state index in [0.29, 0.717) is 0 Å². The molecule has 0 spiro atoms. The van der Waals surface area contributed by atoms with Crippen molar-refractivity contribution in [2.24, 2.45) is 7.05 Å². The molecule has 2 rings (SSSR count). The summed E-state index contributed by atoms with van der Waals surface area (Å²) >= 11 is 6.32. The maximum Gasteiger partial charge on any atom is 0.0834 e. The number of hydrogen-bond acceptors (Lipinski definition) is 3. The van der Waals surface area contributed by atoms with Crippen LogP contribution in [0.3, 0.4) is 0 Å². The molecular weight excluding hydrogens is 248 g/mol. The highest BCUT2D eigenvalue weighted by Gasteiger charge is 2.45. The maximum absolute atomic E-state index is 6.32. The first-order valence-electron chi connectivity index (χ1n) is 6.55. The Hall–Kier alpha value is -0.580. The van der Waals surface area contributed by atoms with E-state index in [1.165, 1.54) is 25.7 Å². The van der Waals surface area contributed by atoms with Gasteiger partial charge in [-0.05, 0) is 34.0 Å². The molecule has 4 nitrogen and oxygen atoms in total. The van der Waals surface area contributed by atoms with Gasteiger partial charge in [-0.2, -0.15) is 5.10 Å². The van der Waals surface area contributed by atoms with Crippen LogP contribution in [0.25, 0.3) is 0 Å². The average molecular weight is 271 g/mol. The summed E-state index contributed by atoms with van der Waals surface area (Å²) in [7, 11) is 8.31. The Balaban J connectivity index is 2.44. The Bertz CT molecular complexity index is 388. The van der Waals surface area contributed by atoms with Crippen LogP contribution in [0.5, 0.6) is 0 Å². The van der Waals surface area contributed by atoms with Gasteiger partial charge in [0.25, 0.3) is 0 Å². The quantitative estimate of drug-likeness (QED) is 0.911. The van der Waals surface area contributed by atoms with Crippen LogP contribution in [0, 0.1) is 0 Å². The smallest absolute Gasteiger partial charge is 0.0834 e. The molecule has 18 heavy (non-hydrogen) atoms. The molecule has 1 saturated carbocycles. The Morgan fingerprint density at radius 1 is 1.44 bits per heavy atom. The fourth-order valence-corrected chi connectivity index (χ4v) is 3.66. The monoisotopic (exact) mass is 270 g/mol. The van der Waals surface area contributed by atoms with Crippen molar-refractivity contribution in [3.63, 3.8) is 0 Å². The minimum Gasteiger partial charge on any atom is -0.310 e. The molecule has 1 unspecified atom stereocenters. The summed E-state index contributed by atoms with van der Waals surface area (Å²) in [5.41, 5.74) is 1.24. The van der Waals surface area contributed by atoms with Crippen LogP contribution in [0.15, 0.2) is 6.20 Å². The van der Waals surface area contributed by atoms with Crippen molar-refractivity contribution < 1.29 is 0 Å². The molecule has 1 aliphatic carbocycles. The predicted molar refractivity (Wildman–Crippen MR) is 74.9 cm³/mol. The van der Waals surface area contributed by atoms with Gasteiger partial charge < -0.3 is 10.2 Å². The molecule has 1 aromatic heterocycles. The molecule has 1 aliphatic rings. The summed E-state index contributed by atoms with van der Waals surface area (Å²) in [6.45, 7) is 0. The van der Waals surface area contributed by atoms with E-state index in [-0.39, 0.29) is 11.6 Å². The minimum atomic E-state index is 0.145. The lowest BCUT2D eigenvalue weighted by Gasteiger charge is -2.43. The van der Waals surface area contributed by atoms with Crippen molar-refractivity contribution in [2.45, 2.75) is 37.3 Å². The Morgan fingerprint density at radius 3 is 2.44 bits per heavy atom. The summed E-state index contributed by atoms with van der Waals surface area (Å²) in [4.78, 5) is 2.35. The van der Waals surface area contributed by atoms with Crippen LogP contribution < -0.4 is 5.32 Å². The molecule has 0 aromatic carbocycles. The largest absolute Gasteiger partial charge is 0.310 e. The number of halogens is 1. The van der Waals surface area contributed by atoms with Crippen molar-refractivity contribution in [1.82, 2.24) is 20.0 Å². The van der Waals surface area contributed by atoms with Crippen molar-refractivity contribution in [2.75, 3.05) is 21.1 Å². The number of aromatic nitrogens is 2. The molecule has 1 fully saturated rings. The molecule has 0 amide bonds. The van der Waals surface area contributed by atoms with Crippen LogP contribution >= 0.6 is 11.6 Å². The van der Waals surface area contributed by atoms with E-state index < -0.39 is 0 Å². The van der Waals surface area contributed by atoms with Crippen LogP contribution in [0.4, 0.5) is 0 Å². The van der Waals surface area contributed by atoms with Crippen molar-refractivity contribution in [1.29, 1.82) is 0 Å². The van der Waals surface area contributed by atoms with Crippen LogP contribution in [0.2, 0.25) is 5.02 Å². The number of nitrogens with one attached hydrogen (secondary N) is 1. The van der Waals surface area contributed by atoms with Crippen LogP contribution in [0.1, 0.15) is 37.4 Å². The first kappa shape index (κ1) is 13.8. The van der Waals surface area contributed by atoms with Gasteiger partial charge in [-0.25, -0.2) is 0 Å². The number of rotatable bonds is 4.